The normalized spacial score (nSPS) is 32.3. The highest BCUT2D eigenvalue weighted by molar-refractivity contribution is 5.80. The van der Waals surface area contributed by atoms with Gasteiger partial charge in [-0.25, -0.2) is 0 Å². The van der Waals surface area contributed by atoms with Gasteiger partial charge in [-0.3, -0.25) is 4.79 Å². The SMILES string of the molecule is CC1CC(NC(=O)[C@@H](C)O)C1. The lowest BCUT2D eigenvalue weighted by atomic mass is 9.82. The Morgan fingerprint density at radius 1 is 1.64 bits per heavy atom. The fourth-order valence-corrected chi connectivity index (χ4v) is 1.34. The fraction of sp³-hybridized carbons (Fsp3) is 0.875. The van der Waals surface area contributed by atoms with Crippen LogP contribution in [0.25, 0.3) is 0 Å². The van der Waals surface area contributed by atoms with Crippen molar-refractivity contribution in [3.05, 3.63) is 0 Å². The smallest absolute Gasteiger partial charge is 0.248 e. The first-order valence-electron chi connectivity index (χ1n) is 4.08. The molecule has 0 aromatic rings. The van der Waals surface area contributed by atoms with Gasteiger partial charge >= 0.3 is 0 Å². The van der Waals surface area contributed by atoms with E-state index in [2.05, 4.69) is 12.2 Å². The zero-order valence-corrected chi connectivity index (χ0v) is 7.00. The third-order valence-electron chi connectivity index (χ3n) is 2.10. The second-order valence-corrected chi connectivity index (χ2v) is 3.46. The Hall–Kier alpha value is -0.570. The maximum atomic E-state index is 10.9. The largest absolute Gasteiger partial charge is 0.384 e. The van der Waals surface area contributed by atoms with E-state index in [1.54, 1.807) is 0 Å². The molecule has 1 atom stereocenters. The van der Waals surface area contributed by atoms with Gasteiger partial charge in [0, 0.05) is 6.04 Å². The van der Waals surface area contributed by atoms with Crippen molar-refractivity contribution in [3.8, 4) is 0 Å². The van der Waals surface area contributed by atoms with Crippen LogP contribution in [0.2, 0.25) is 0 Å². The van der Waals surface area contributed by atoms with Crippen LogP contribution in [0.1, 0.15) is 26.7 Å². The standard InChI is InChI=1S/C8H15NO2/c1-5-3-7(4-5)9-8(11)6(2)10/h5-7,10H,3-4H2,1-2H3,(H,9,11)/t5?,6-,7?/m1/s1. The Kier molecular flexibility index (Phi) is 2.49. The van der Waals surface area contributed by atoms with Gasteiger partial charge in [-0.1, -0.05) is 6.92 Å². The number of nitrogens with one attached hydrogen (secondary N) is 1. The second-order valence-electron chi connectivity index (χ2n) is 3.46. The number of rotatable bonds is 2. The van der Waals surface area contributed by atoms with Gasteiger partial charge in [0.1, 0.15) is 6.10 Å². The van der Waals surface area contributed by atoms with E-state index in [-0.39, 0.29) is 5.91 Å². The number of aliphatic hydroxyl groups is 1. The van der Waals surface area contributed by atoms with Crippen LogP contribution in [0.3, 0.4) is 0 Å². The average Bonchev–Trinajstić information content (AvgIpc) is 1.84. The van der Waals surface area contributed by atoms with Crippen molar-refractivity contribution < 1.29 is 9.90 Å². The molecule has 0 aromatic carbocycles. The molecular formula is C8H15NO2. The second kappa shape index (κ2) is 3.22. The molecule has 1 aliphatic rings. The van der Waals surface area contributed by atoms with Gasteiger partial charge in [-0.2, -0.15) is 0 Å². The third kappa shape index (κ3) is 2.19. The van der Waals surface area contributed by atoms with Crippen molar-refractivity contribution in [2.24, 2.45) is 5.92 Å². The zero-order valence-electron chi connectivity index (χ0n) is 7.00. The summed E-state index contributed by atoms with van der Waals surface area (Å²) >= 11 is 0. The molecule has 11 heavy (non-hydrogen) atoms. The highest BCUT2D eigenvalue weighted by Crippen LogP contribution is 2.26. The summed E-state index contributed by atoms with van der Waals surface area (Å²) in [6.45, 7) is 3.64. The van der Waals surface area contributed by atoms with E-state index in [1.807, 2.05) is 0 Å². The first-order valence-corrected chi connectivity index (χ1v) is 4.08. The van der Waals surface area contributed by atoms with E-state index >= 15 is 0 Å². The van der Waals surface area contributed by atoms with Gasteiger partial charge < -0.3 is 10.4 Å². The minimum atomic E-state index is -0.870. The molecule has 1 rings (SSSR count). The van der Waals surface area contributed by atoms with E-state index in [4.69, 9.17) is 5.11 Å². The van der Waals surface area contributed by atoms with Crippen LogP contribution in [0.15, 0.2) is 0 Å². The summed E-state index contributed by atoms with van der Waals surface area (Å²) < 4.78 is 0. The molecule has 1 aliphatic carbocycles. The summed E-state index contributed by atoms with van der Waals surface area (Å²) in [6, 6.07) is 0.312. The van der Waals surface area contributed by atoms with Crippen LogP contribution >= 0.6 is 0 Å². The summed E-state index contributed by atoms with van der Waals surface area (Å²) in [5.74, 6) is 0.483. The van der Waals surface area contributed by atoms with E-state index in [0.29, 0.717) is 6.04 Å². The first kappa shape index (κ1) is 8.53. The Morgan fingerprint density at radius 2 is 2.18 bits per heavy atom. The highest BCUT2D eigenvalue weighted by atomic mass is 16.3. The third-order valence-corrected chi connectivity index (χ3v) is 2.10. The number of carbonyl (C=O) groups is 1. The van der Waals surface area contributed by atoms with Crippen LogP contribution in [0, 0.1) is 5.92 Å². The van der Waals surface area contributed by atoms with Crippen molar-refractivity contribution in [1.82, 2.24) is 5.32 Å². The molecular weight excluding hydrogens is 142 g/mol. The Labute approximate surface area is 66.8 Å². The lowest BCUT2D eigenvalue weighted by Gasteiger charge is -2.33. The molecule has 2 N–H and O–H groups in total. The van der Waals surface area contributed by atoms with Crippen molar-refractivity contribution in [2.45, 2.75) is 38.8 Å². The van der Waals surface area contributed by atoms with Crippen LogP contribution in [0.5, 0.6) is 0 Å². The number of amides is 1. The number of hydrogen-bond acceptors (Lipinski definition) is 2. The van der Waals surface area contributed by atoms with Gasteiger partial charge in [0.2, 0.25) is 5.91 Å². The molecule has 3 heteroatoms. The van der Waals surface area contributed by atoms with Crippen molar-refractivity contribution >= 4 is 5.91 Å². The quantitative estimate of drug-likeness (QED) is 0.605. The van der Waals surface area contributed by atoms with Gasteiger partial charge in [0.15, 0.2) is 0 Å². The van der Waals surface area contributed by atoms with Gasteiger partial charge in [0.25, 0.3) is 0 Å². The van der Waals surface area contributed by atoms with Gasteiger partial charge in [0.05, 0.1) is 0 Å². The van der Waals surface area contributed by atoms with E-state index in [9.17, 15) is 4.79 Å². The molecule has 0 heterocycles. The van der Waals surface area contributed by atoms with E-state index < -0.39 is 6.10 Å². The Balaban J connectivity index is 2.17. The van der Waals surface area contributed by atoms with Gasteiger partial charge in [-0.15, -0.1) is 0 Å². The summed E-state index contributed by atoms with van der Waals surface area (Å²) in [4.78, 5) is 10.9. The molecule has 0 spiro atoms. The predicted molar refractivity (Wildman–Crippen MR) is 42.0 cm³/mol. The van der Waals surface area contributed by atoms with Crippen LogP contribution < -0.4 is 5.32 Å². The van der Waals surface area contributed by atoms with Crippen molar-refractivity contribution in [3.63, 3.8) is 0 Å². The Morgan fingerprint density at radius 3 is 2.55 bits per heavy atom. The molecule has 0 bridgehead atoms. The van der Waals surface area contributed by atoms with Crippen LogP contribution in [-0.4, -0.2) is 23.2 Å². The molecule has 1 saturated carbocycles. The summed E-state index contributed by atoms with van der Waals surface area (Å²) in [7, 11) is 0. The molecule has 0 unspecified atom stereocenters. The van der Waals surface area contributed by atoms with E-state index in [1.165, 1.54) is 6.92 Å². The minimum absolute atomic E-state index is 0.248. The molecule has 64 valence electrons. The van der Waals surface area contributed by atoms with Crippen LogP contribution in [0.4, 0.5) is 0 Å². The lowest BCUT2D eigenvalue weighted by Crippen LogP contribution is -2.46. The molecule has 1 fully saturated rings. The minimum Gasteiger partial charge on any atom is -0.384 e. The lowest BCUT2D eigenvalue weighted by molar-refractivity contribution is -0.130. The summed E-state index contributed by atoms with van der Waals surface area (Å²) in [6.07, 6.45) is 1.24. The fourth-order valence-electron chi connectivity index (χ4n) is 1.34. The molecule has 0 aliphatic heterocycles. The van der Waals surface area contributed by atoms with Gasteiger partial charge in [-0.05, 0) is 25.7 Å². The predicted octanol–water partition coefficient (Wildman–Crippen LogP) is 0.282. The summed E-state index contributed by atoms with van der Waals surface area (Å²) in [5, 5.41) is 11.6. The number of hydrogen-bond donors (Lipinski definition) is 2. The van der Waals surface area contributed by atoms with E-state index in [0.717, 1.165) is 18.8 Å². The molecule has 0 saturated heterocycles. The number of carbonyl (C=O) groups excluding carboxylic acids is 1. The maximum absolute atomic E-state index is 10.9. The topological polar surface area (TPSA) is 49.3 Å². The number of aliphatic hydroxyl groups excluding tert-OH is 1. The highest BCUT2D eigenvalue weighted by Gasteiger charge is 2.27. The molecule has 3 nitrogen and oxygen atoms in total. The zero-order chi connectivity index (χ0) is 8.43. The average molecular weight is 157 g/mol. The molecule has 0 aromatic heterocycles. The van der Waals surface area contributed by atoms with Crippen molar-refractivity contribution in [2.75, 3.05) is 0 Å². The Bertz CT molecular complexity index is 150. The maximum Gasteiger partial charge on any atom is 0.248 e. The van der Waals surface area contributed by atoms with Crippen molar-refractivity contribution in [1.29, 1.82) is 0 Å². The molecule has 0 radical (unpaired) electrons. The summed E-state index contributed by atoms with van der Waals surface area (Å²) in [5.41, 5.74) is 0. The van der Waals surface area contributed by atoms with Crippen LogP contribution in [-0.2, 0) is 4.79 Å². The monoisotopic (exact) mass is 157 g/mol. The first-order chi connectivity index (χ1) is 5.09. The molecule has 1 amide bonds.